The molecule has 8 heteroatoms. The Bertz CT molecular complexity index is 949. The lowest BCUT2D eigenvalue weighted by Gasteiger charge is -2.05. The number of nitrogens with one attached hydrogen (secondary N) is 2. The van der Waals surface area contributed by atoms with E-state index in [4.69, 9.17) is 11.6 Å². The number of aromatic amines is 1. The Balaban J connectivity index is 1.55. The summed E-state index contributed by atoms with van der Waals surface area (Å²) in [5.41, 5.74) is 2.71. The highest BCUT2D eigenvalue weighted by Gasteiger charge is 2.09. The second kappa shape index (κ2) is 5.94. The van der Waals surface area contributed by atoms with Gasteiger partial charge in [-0.15, -0.1) is 11.3 Å². The minimum absolute atomic E-state index is 0.207. The van der Waals surface area contributed by atoms with Gasteiger partial charge in [-0.25, -0.2) is 9.97 Å². The van der Waals surface area contributed by atoms with E-state index in [1.165, 1.54) is 0 Å². The summed E-state index contributed by atoms with van der Waals surface area (Å²) in [5.74, 6) is 0.696. The van der Waals surface area contributed by atoms with Crippen molar-refractivity contribution in [1.29, 1.82) is 0 Å². The number of hydrogen-bond donors (Lipinski definition) is 2. The number of nitrogens with zero attached hydrogens (tertiary/aromatic N) is 4. The van der Waals surface area contributed by atoms with Crippen molar-refractivity contribution in [3.63, 3.8) is 0 Å². The number of anilines is 1. The van der Waals surface area contributed by atoms with Gasteiger partial charge in [0.15, 0.2) is 0 Å². The van der Waals surface area contributed by atoms with E-state index in [0.717, 1.165) is 21.7 Å². The van der Waals surface area contributed by atoms with Crippen molar-refractivity contribution < 1.29 is 0 Å². The third-order valence-corrected chi connectivity index (χ3v) is 4.34. The van der Waals surface area contributed by atoms with Gasteiger partial charge in [-0.2, -0.15) is 4.98 Å². The molecule has 4 rings (SSSR count). The van der Waals surface area contributed by atoms with Crippen LogP contribution in [0.5, 0.6) is 0 Å². The topological polar surface area (TPSA) is 79.4 Å². The van der Waals surface area contributed by atoms with Crippen molar-refractivity contribution >= 4 is 39.8 Å². The van der Waals surface area contributed by atoms with Crippen LogP contribution in [0.4, 0.5) is 5.82 Å². The van der Waals surface area contributed by atoms with Gasteiger partial charge in [0.2, 0.25) is 5.28 Å². The zero-order valence-electron chi connectivity index (χ0n) is 11.8. The molecule has 0 aliphatic carbocycles. The van der Waals surface area contributed by atoms with Gasteiger partial charge >= 0.3 is 0 Å². The first kappa shape index (κ1) is 14.1. The smallest absolute Gasteiger partial charge is 0.226 e. The number of H-pyrrole nitrogens is 1. The molecular weight excluding hydrogens is 332 g/mol. The zero-order chi connectivity index (χ0) is 15.6. The Labute approximate surface area is 140 Å². The molecule has 0 unspecified atom stereocenters. The van der Waals surface area contributed by atoms with E-state index in [-0.39, 0.29) is 5.28 Å². The molecule has 0 aliphatic heterocycles. The number of hydrogen-bond acceptors (Lipinski definition) is 6. The molecule has 0 spiro atoms. The van der Waals surface area contributed by atoms with Crippen LogP contribution >= 0.6 is 22.9 Å². The Morgan fingerprint density at radius 1 is 1.13 bits per heavy atom. The van der Waals surface area contributed by atoms with Crippen molar-refractivity contribution in [3.05, 3.63) is 52.5 Å². The van der Waals surface area contributed by atoms with Crippen molar-refractivity contribution in [1.82, 2.24) is 24.9 Å². The molecule has 114 valence electrons. The maximum absolute atomic E-state index is 5.95. The van der Waals surface area contributed by atoms with E-state index in [1.807, 2.05) is 29.8 Å². The summed E-state index contributed by atoms with van der Waals surface area (Å²) in [5, 5.41) is 7.39. The van der Waals surface area contributed by atoms with Gasteiger partial charge in [-0.05, 0) is 29.8 Å². The monoisotopic (exact) mass is 342 g/mol. The molecule has 0 aromatic carbocycles. The number of pyridine rings is 1. The fraction of sp³-hybridized carbons (Fsp3) is 0.0667. The maximum Gasteiger partial charge on any atom is 0.226 e. The number of aromatic nitrogens is 5. The van der Waals surface area contributed by atoms with Crippen LogP contribution in [0.3, 0.4) is 0 Å². The van der Waals surface area contributed by atoms with Crippen molar-refractivity contribution in [2.24, 2.45) is 0 Å². The summed E-state index contributed by atoms with van der Waals surface area (Å²) in [6, 6.07) is 5.80. The number of rotatable bonds is 4. The lowest BCUT2D eigenvalue weighted by Crippen LogP contribution is -2.02. The van der Waals surface area contributed by atoms with Gasteiger partial charge in [-0.1, -0.05) is 0 Å². The predicted molar refractivity (Wildman–Crippen MR) is 91.6 cm³/mol. The minimum atomic E-state index is 0.207. The first-order chi connectivity index (χ1) is 11.3. The molecule has 0 bridgehead atoms. The average molecular weight is 343 g/mol. The third-order valence-electron chi connectivity index (χ3n) is 3.32. The molecule has 0 radical (unpaired) electrons. The van der Waals surface area contributed by atoms with Crippen LogP contribution in [0.25, 0.3) is 22.3 Å². The molecule has 6 nitrogen and oxygen atoms in total. The lowest BCUT2D eigenvalue weighted by molar-refractivity contribution is 1.07. The maximum atomic E-state index is 5.95. The van der Waals surface area contributed by atoms with Gasteiger partial charge in [0, 0.05) is 29.5 Å². The molecule has 4 aromatic rings. The number of fused-ring (bicyclic) bond motifs is 1. The molecule has 0 saturated heterocycles. The van der Waals surface area contributed by atoms with Gasteiger partial charge in [0.05, 0.1) is 17.6 Å². The summed E-state index contributed by atoms with van der Waals surface area (Å²) < 4.78 is 0. The quantitative estimate of drug-likeness (QED) is 0.552. The van der Waals surface area contributed by atoms with E-state index in [2.05, 4.69) is 30.2 Å². The summed E-state index contributed by atoms with van der Waals surface area (Å²) in [7, 11) is 0. The average Bonchev–Trinajstić information content (AvgIpc) is 3.22. The molecule has 0 amide bonds. The highest BCUT2D eigenvalue weighted by molar-refractivity contribution is 7.09. The molecule has 2 N–H and O–H groups in total. The molecule has 0 aliphatic rings. The molecule has 0 fully saturated rings. The van der Waals surface area contributed by atoms with Gasteiger partial charge in [0.1, 0.15) is 16.5 Å². The van der Waals surface area contributed by atoms with E-state index >= 15 is 0 Å². The highest BCUT2D eigenvalue weighted by atomic mass is 35.5. The van der Waals surface area contributed by atoms with Crippen LogP contribution in [0.2, 0.25) is 5.28 Å². The molecule has 4 aromatic heterocycles. The van der Waals surface area contributed by atoms with Gasteiger partial charge < -0.3 is 10.3 Å². The van der Waals surface area contributed by atoms with Crippen LogP contribution < -0.4 is 5.32 Å². The fourth-order valence-electron chi connectivity index (χ4n) is 2.26. The van der Waals surface area contributed by atoms with Crippen molar-refractivity contribution in [2.75, 3.05) is 5.32 Å². The van der Waals surface area contributed by atoms with Gasteiger partial charge in [0.25, 0.3) is 0 Å². The largest absolute Gasteiger partial charge is 0.363 e. The van der Waals surface area contributed by atoms with Crippen LogP contribution in [-0.2, 0) is 6.54 Å². The van der Waals surface area contributed by atoms with Crippen LogP contribution in [0, 0.1) is 0 Å². The SMILES string of the molecule is Clc1nc(NCc2nc(-c3ccncc3)cs2)c2cc[nH]c2n1. The predicted octanol–water partition coefficient (Wildman–Crippen LogP) is 3.74. The van der Waals surface area contributed by atoms with Crippen LogP contribution in [0.15, 0.2) is 42.2 Å². The van der Waals surface area contributed by atoms with Crippen molar-refractivity contribution in [3.8, 4) is 11.3 Å². The first-order valence-electron chi connectivity index (χ1n) is 6.89. The minimum Gasteiger partial charge on any atom is -0.363 e. The Morgan fingerprint density at radius 3 is 2.87 bits per heavy atom. The van der Waals surface area contributed by atoms with E-state index in [9.17, 15) is 0 Å². The summed E-state index contributed by atoms with van der Waals surface area (Å²) in [6.45, 7) is 0.573. The Kier molecular flexibility index (Phi) is 3.64. The zero-order valence-corrected chi connectivity index (χ0v) is 13.4. The fourth-order valence-corrected chi connectivity index (χ4v) is 3.17. The third kappa shape index (κ3) is 2.88. The van der Waals surface area contributed by atoms with E-state index in [0.29, 0.717) is 18.0 Å². The Hall–Kier alpha value is -2.51. The normalized spacial score (nSPS) is 11.0. The molecule has 4 heterocycles. The van der Waals surface area contributed by atoms with Crippen molar-refractivity contribution in [2.45, 2.75) is 6.54 Å². The number of thiazole rings is 1. The van der Waals surface area contributed by atoms with Crippen LogP contribution in [-0.4, -0.2) is 24.9 Å². The first-order valence-corrected chi connectivity index (χ1v) is 8.14. The number of halogens is 1. The molecule has 0 saturated carbocycles. The molecule has 23 heavy (non-hydrogen) atoms. The highest BCUT2D eigenvalue weighted by Crippen LogP contribution is 2.24. The summed E-state index contributed by atoms with van der Waals surface area (Å²) >= 11 is 7.54. The standard InChI is InChI=1S/C15H11ClN6S/c16-15-21-13-10(3-6-18-13)14(22-15)19-7-12-20-11(8-23-12)9-1-4-17-5-2-9/h1-6,8H,7H2,(H2,18,19,21,22). The van der Waals surface area contributed by atoms with E-state index < -0.39 is 0 Å². The molecule has 0 atom stereocenters. The summed E-state index contributed by atoms with van der Waals surface area (Å²) in [6.07, 6.45) is 5.34. The second-order valence-electron chi connectivity index (χ2n) is 4.80. The van der Waals surface area contributed by atoms with Crippen LogP contribution in [0.1, 0.15) is 5.01 Å². The summed E-state index contributed by atoms with van der Waals surface area (Å²) in [4.78, 5) is 20.1. The molecular formula is C15H11ClN6S. The lowest BCUT2D eigenvalue weighted by atomic mass is 10.2. The van der Waals surface area contributed by atoms with Gasteiger partial charge in [-0.3, -0.25) is 4.98 Å². The van der Waals surface area contributed by atoms with E-state index in [1.54, 1.807) is 23.7 Å². The second-order valence-corrected chi connectivity index (χ2v) is 6.08. The Morgan fingerprint density at radius 2 is 2.00 bits per heavy atom.